The van der Waals surface area contributed by atoms with Crippen LogP contribution in [0.5, 0.6) is 0 Å². The van der Waals surface area contributed by atoms with E-state index in [1.54, 1.807) is 0 Å². The molecule has 1 atom stereocenters. The van der Waals surface area contributed by atoms with Crippen LogP contribution in [0, 0.1) is 5.92 Å². The molecule has 2 aromatic rings. The van der Waals surface area contributed by atoms with Crippen molar-refractivity contribution in [1.29, 1.82) is 0 Å². The van der Waals surface area contributed by atoms with Crippen LogP contribution in [-0.4, -0.2) is 6.54 Å². The highest BCUT2D eigenvalue weighted by molar-refractivity contribution is 9.11. The van der Waals surface area contributed by atoms with Crippen LogP contribution in [0.15, 0.2) is 31.6 Å². The molecule has 1 fully saturated rings. The van der Waals surface area contributed by atoms with Crippen molar-refractivity contribution >= 4 is 42.8 Å². The molecule has 4 heteroatoms. The van der Waals surface area contributed by atoms with E-state index < -0.39 is 0 Å². The second-order valence-electron chi connectivity index (χ2n) is 4.83. The molecule has 2 nitrogen and oxygen atoms in total. The third kappa shape index (κ3) is 2.38. The van der Waals surface area contributed by atoms with Crippen molar-refractivity contribution in [3.8, 4) is 0 Å². The minimum Gasteiger partial charge on any atom is -0.458 e. The van der Waals surface area contributed by atoms with E-state index in [2.05, 4.69) is 56.2 Å². The maximum atomic E-state index is 6.04. The first-order valence-electron chi connectivity index (χ1n) is 6.31. The quantitative estimate of drug-likeness (QED) is 0.815. The van der Waals surface area contributed by atoms with Crippen LogP contribution in [0.3, 0.4) is 0 Å². The van der Waals surface area contributed by atoms with Crippen LogP contribution in [-0.2, 0) is 0 Å². The number of hydrogen-bond donors (Lipinski definition) is 1. The fourth-order valence-corrected chi connectivity index (χ4v) is 3.74. The second kappa shape index (κ2) is 4.99. The first-order chi connectivity index (χ1) is 8.69. The zero-order chi connectivity index (χ0) is 12.7. The topological polar surface area (TPSA) is 25.2 Å². The lowest BCUT2D eigenvalue weighted by molar-refractivity contribution is 0.403. The van der Waals surface area contributed by atoms with E-state index in [-0.39, 0.29) is 0 Å². The third-order valence-electron chi connectivity index (χ3n) is 3.38. The van der Waals surface area contributed by atoms with Gasteiger partial charge < -0.3 is 9.73 Å². The van der Waals surface area contributed by atoms with Gasteiger partial charge >= 0.3 is 0 Å². The van der Waals surface area contributed by atoms with Crippen molar-refractivity contribution in [2.75, 3.05) is 6.54 Å². The van der Waals surface area contributed by atoms with Crippen LogP contribution in [0.2, 0.25) is 0 Å². The van der Waals surface area contributed by atoms with Gasteiger partial charge in [-0.2, -0.15) is 0 Å². The summed E-state index contributed by atoms with van der Waals surface area (Å²) in [5.74, 6) is 1.81. The van der Waals surface area contributed by atoms with Gasteiger partial charge in [0, 0.05) is 9.86 Å². The Morgan fingerprint density at radius 1 is 1.33 bits per heavy atom. The monoisotopic (exact) mass is 371 g/mol. The highest BCUT2D eigenvalue weighted by Gasteiger charge is 2.34. The molecule has 0 aliphatic heterocycles. The highest BCUT2D eigenvalue weighted by Crippen LogP contribution is 2.43. The number of halogens is 2. The van der Waals surface area contributed by atoms with Crippen LogP contribution < -0.4 is 5.32 Å². The molecule has 0 radical (unpaired) electrons. The van der Waals surface area contributed by atoms with Gasteiger partial charge in [0.25, 0.3) is 0 Å². The van der Waals surface area contributed by atoms with Gasteiger partial charge in [0.1, 0.15) is 11.3 Å². The Hall–Kier alpha value is -0.320. The Balaban J connectivity index is 2.03. The van der Waals surface area contributed by atoms with E-state index in [0.717, 1.165) is 38.1 Å². The average molecular weight is 373 g/mol. The SMILES string of the molecule is CCNC(c1cc2cc(Br)cc(Br)c2o1)C1CC1. The molecule has 1 aliphatic carbocycles. The lowest BCUT2D eigenvalue weighted by Crippen LogP contribution is -2.21. The predicted molar refractivity (Wildman–Crippen MR) is 80.8 cm³/mol. The van der Waals surface area contributed by atoms with Gasteiger partial charge in [-0.1, -0.05) is 22.9 Å². The summed E-state index contributed by atoms with van der Waals surface area (Å²) in [5, 5.41) is 4.68. The summed E-state index contributed by atoms with van der Waals surface area (Å²) in [6.07, 6.45) is 2.61. The fraction of sp³-hybridized carbons (Fsp3) is 0.429. The molecular weight excluding hydrogens is 358 g/mol. The first-order valence-corrected chi connectivity index (χ1v) is 7.89. The maximum Gasteiger partial charge on any atom is 0.148 e. The molecule has 0 bridgehead atoms. The Kier molecular flexibility index (Phi) is 3.52. The summed E-state index contributed by atoms with van der Waals surface area (Å²) in [6.45, 7) is 3.12. The molecule has 1 aromatic heterocycles. The van der Waals surface area contributed by atoms with Gasteiger partial charge in [0.2, 0.25) is 0 Å². The fourth-order valence-electron chi connectivity index (χ4n) is 2.40. The molecule has 3 rings (SSSR count). The van der Waals surface area contributed by atoms with Gasteiger partial charge in [-0.05, 0) is 59.4 Å². The number of rotatable bonds is 4. The van der Waals surface area contributed by atoms with Crippen LogP contribution in [0.4, 0.5) is 0 Å². The summed E-state index contributed by atoms with van der Waals surface area (Å²) in [5.41, 5.74) is 0.941. The largest absolute Gasteiger partial charge is 0.458 e. The minimum atomic E-state index is 0.369. The van der Waals surface area contributed by atoms with Crippen LogP contribution in [0.1, 0.15) is 31.6 Å². The van der Waals surface area contributed by atoms with E-state index in [1.165, 1.54) is 12.8 Å². The molecule has 0 saturated heterocycles. The standard InChI is InChI=1S/C14H15Br2NO/c1-2-17-13(8-3-4-8)12-6-9-5-10(15)7-11(16)14(9)18-12/h5-8,13,17H,2-4H2,1H3. The molecule has 1 heterocycles. The Morgan fingerprint density at radius 2 is 2.11 bits per heavy atom. The zero-order valence-electron chi connectivity index (χ0n) is 10.2. The van der Waals surface area contributed by atoms with E-state index in [4.69, 9.17) is 4.42 Å². The van der Waals surface area contributed by atoms with Gasteiger partial charge in [0.15, 0.2) is 0 Å². The molecule has 0 amide bonds. The molecule has 18 heavy (non-hydrogen) atoms. The summed E-state index contributed by atoms with van der Waals surface area (Å²) in [7, 11) is 0. The Morgan fingerprint density at radius 3 is 2.78 bits per heavy atom. The molecule has 0 spiro atoms. The van der Waals surface area contributed by atoms with E-state index in [0.29, 0.717) is 6.04 Å². The highest BCUT2D eigenvalue weighted by atomic mass is 79.9. The van der Waals surface area contributed by atoms with Gasteiger partial charge in [-0.3, -0.25) is 0 Å². The normalized spacial score (nSPS) is 17.3. The lowest BCUT2D eigenvalue weighted by atomic mass is 10.1. The number of benzene rings is 1. The smallest absolute Gasteiger partial charge is 0.148 e. The van der Waals surface area contributed by atoms with Crippen LogP contribution >= 0.6 is 31.9 Å². The van der Waals surface area contributed by atoms with Gasteiger partial charge in [-0.15, -0.1) is 0 Å². The lowest BCUT2D eigenvalue weighted by Gasteiger charge is -2.13. The molecule has 1 saturated carbocycles. The average Bonchev–Trinajstić information content (AvgIpc) is 3.06. The molecular formula is C14H15Br2NO. The zero-order valence-corrected chi connectivity index (χ0v) is 13.3. The Bertz CT molecular complexity index is 574. The first kappa shape index (κ1) is 12.7. The second-order valence-corrected chi connectivity index (χ2v) is 6.60. The molecule has 1 unspecified atom stereocenters. The van der Waals surface area contributed by atoms with Crippen molar-refractivity contribution in [1.82, 2.24) is 5.32 Å². The maximum absolute atomic E-state index is 6.04. The summed E-state index contributed by atoms with van der Waals surface area (Å²) in [4.78, 5) is 0. The molecule has 1 aliphatic rings. The van der Waals surface area contributed by atoms with E-state index >= 15 is 0 Å². The summed E-state index contributed by atoms with van der Waals surface area (Å²) in [6, 6.07) is 6.65. The molecule has 1 N–H and O–H groups in total. The van der Waals surface area contributed by atoms with E-state index in [9.17, 15) is 0 Å². The summed E-state index contributed by atoms with van der Waals surface area (Å²) >= 11 is 7.07. The van der Waals surface area contributed by atoms with Crippen molar-refractivity contribution in [3.05, 3.63) is 32.9 Å². The number of hydrogen-bond acceptors (Lipinski definition) is 2. The van der Waals surface area contributed by atoms with Crippen molar-refractivity contribution in [3.63, 3.8) is 0 Å². The Labute approximate surface area is 123 Å². The predicted octanol–water partition coefficient (Wildman–Crippen LogP) is 5.02. The minimum absolute atomic E-state index is 0.369. The van der Waals surface area contributed by atoms with Crippen molar-refractivity contribution < 1.29 is 4.42 Å². The van der Waals surface area contributed by atoms with Gasteiger partial charge in [-0.25, -0.2) is 0 Å². The number of fused-ring (bicyclic) bond motifs is 1. The van der Waals surface area contributed by atoms with Crippen LogP contribution in [0.25, 0.3) is 11.0 Å². The van der Waals surface area contributed by atoms with Crippen molar-refractivity contribution in [2.24, 2.45) is 5.92 Å². The number of furan rings is 1. The van der Waals surface area contributed by atoms with E-state index in [1.807, 2.05) is 6.07 Å². The molecule has 96 valence electrons. The molecule has 1 aromatic carbocycles. The van der Waals surface area contributed by atoms with Crippen molar-refractivity contribution in [2.45, 2.75) is 25.8 Å². The van der Waals surface area contributed by atoms with Gasteiger partial charge in [0.05, 0.1) is 10.5 Å². The number of nitrogens with one attached hydrogen (secondary N) is 1. The third-order valence-corrected chi connectivity index (χ3v) is 4.43. The summed E-state index contributed by atoms with van der Waals surface area (Å²) < 4.78 is 8.11.